The van der Waals surface area contributed by atoms with E-state index in [2.05, 4.69) is 54.5 Å². The van der Waals surface area contributed by atoms with Crippen LogP contribution in [0.3, 0.4) is 0 Å². The van der Waals surface area contributed by atoms with Crippen molar-refractivity contribution in [2.75, 3.05) is 13.2 Å². The summed E-state index contributed by atoms with van der Waals surface area (Å²) in [5.41, 5.74) is 3.20. The van der Waals surface area contributed by atoms with E-state index >= 15 is 0 Å². The summed E-state index contributed by atoms with van der Waals surface area (Å²) in [5, 5.41) is 25.7. The molecule has 0 fully saturated rings. The van der Waals surface area contributed by atoms with Gasteiger partial charge in [0.2, 0.25) is 0 Å². The molecule has 0 saturated carbocycles. The van der Waals surface area contributed by atoms with E-state index in [0.717, 1.165) is 17.5 Å². The van der Waals surface area contributed by atoms with Gasteiger partial charge in [-0.15, -0.1) is 0 Å². The third kappa shape index (κ3) is 6.97. The molecule has 2 atom stereocenters. The fourth-order valence-electron chi connectivity index (χ4n) is 4.55. The number of nitrogens with zero attached hydrogens (tertiary/aromatic N) is 1. The van der Waals surface area contributed by atoms with Gasteiger partial charge in [-0.2, -0.15) is 0 Å². The van der Waals surface area contributed by atoms with Gasteiger partial charge < -0.3 is 20.3 Å². The number of benzene rings is 3. The third-order valence-electron chi connectivity index (χ3n) is 6.57. The molecular weight excluding hydrogens is 500 g/mol. The van der Waals surface area contributed by atoms with Gasteiger partial charge in [-0.1, -0.05) is 78.3 Å². The number of aliphatic hydroxyl groups excluding tert-OH is 1. The second-order valence-electron chi connectivity index (χ2n) is 10.2. The summed E-state index contributed by atoms with van der Waals surface area (Å²) >= 11 is 6.09. The van der Waals surface area contributed by atoms with Crippen molar-refractivity contribution in [3.05, 3.63) is 101 Å². The molecule has 1 aromatic heterocycles. The van der Waals surface area contributed by atoms with Gasteiger partial charge in [0.05, 0.1) is 30.1 Å². The molecule has 0 aliphatic heterocycles. The third-order valence-corrected chi connectivity index (χ3v) is 6.86. The Bertz CT molecular complexity index is 1420. The van der Waals surface area contributed by atoms with Crippen LogP contribution in [-0.2, 0) is 11.2 Å². The molecular formula is C31H33ClN2O4. The molecule has 0 bridgehead atoms. The van der Waals surface area contributed by atoms with E-state index in [1.54, 1.807) is 6.07 Å². The highest BCUT2D eigenvalue weighted by Gasteiger charge is 2.21. The number of carboxylic acid groups (broad SMARTS) is 1. The molecule has 1 unspecified atom stereocenters. The fourth-order valence-corrected chi connectivity index (χ4v) is 4.78. The number of carbonyl (C=O) groups is 1. The van der Waals surface area contributed by atoms with Gasteiger partial charge in [-0.25, -0.2) is 9.78 Å². The molecule has 0 aliphatic carbocycles. The Labute approximate surface area is 228 Å². The van der Waals surface area contributed by atoms with Crippen LogP contribution in [0.4, 0.5) is 0 Å². The van der Waals surface area contributed by atoms with Crippen molar-refractivity contribution in [1.29, 1.82) is 0 Å². The minimum Gasteiger partial charge on any atom is -0.478 e. The summed E-state index contributed by atoms with van der Waals surface area (Å²) in [7, 11) is 0. The van der Waals surface area contributed by atoms with E-state index < -0.39 is 12.1 Å². The van der Waals surface area contributed by atoms with Crippen molar-refractivity contribution in [3.8, 4) is 11.3 Å². The summed E-state index contributed by atoms with van der Waals surface area (Å²) in [5.74, 6) is -1.12. The summed E-state index contributed by atoms with van der Waals surface area (Å²) in [6, 6.07) is 25.5. The van der Waals surface area contributed by atoms with Gasteiger partial charge in [0.25, 0.3) is 0 Å². The molecule has 0 amide bonds. The number of carboxylic acids is 1. The number of hydrogen-bond acceptors (Lipinski definition) is 5. The Balaban J connectivity index is 1.34. The molecule has 38 heavy (non-hydrogen) atoms. The zero-order valence-corrected chi connectivity index (χ0v) is 22.6. The average molecular weight is 533 g/mol. The van der Waals surface area contributed by atoms with Crippen molar-refractivity contribution < 1.29 is 19.7 Å². The van der Waals surface area contributed by atoms with E-state index in [0.29, 0.717) is 12.2 Å². The Morgan fingerprint density at radius 2 is 1.74 bits per heavy atom. The van der Waals surface area contributed by atoms with Crippen LogP contribution < -0.4 is 5.32 Å². The number of halogens is 1. The van der Waals surface area contributed by atoms with E-state index in [4.69, 9.17) is 16.3 Å². The van der Waals surface area contributed by atoms with Gasteiger partial charge in [0, 0.05) is 17.6 Å². The normalized spacial score (nSPS) is 13.4. The maximum absolute atomic E-state index is 11.3. The number of nitrogens with one attached hydrogen (secondary N) is 1. The maximum Gasteiger partial charge on any atom is 0.338 e. The lowest BCUT2D eigenvalue weighted by molar-refractivity contribution is -0.00397. The van der Waals surface area contributed by atoms with Gasteiger partial charge in [-0.3, -0.25) is 0 Å². The molecule has 1 heterocycles. The minimum absolute atomic E-state index is 0.0450. The van der Waals surface area contributed by atoms with Gasteiger partial charge in [-0.05, 0) is 61.2 Å². The molecule has 6 nitrogen and oxygen atoms in total. The number of pyridine rings is 1. The topological polar surface area (TPSA) is 91.7 Å². The van der Waals surface area contributed by atoms with Gasteiger partial charge in [0.15, 0.2) is 0 Å². The number of aromatic carboxylic acids is 1. The van der Waals surface area contributed by atoms with Gasteiger partial charge in [0.1, 0.15) is 5.15 Å². The highest BCUT2D eigenvalue weighted by atomic mass is 35.5. The Hall–Kier alpha value is -3.29. The maximum atomic E-state index is 11.3. The van der Waals surface area contributed by atoms with Crippen LogP contribution in [0.15, 0.2) is 78.9 Å². The first kappa shape index (κ1) is 27.7. The van der Waals surface area contributed by atoms with E-state index in [-0.39, 0.29) is 29.0 Å². The van der Waals surface area contributed by atoms with Crippen LogP contribution in [0.5, 0.6) is 0 Å². The first-order valence-electron chi connectivity index (χ1n) is 12.6. The zero-order valence-electron chi connectivity index (χ0n) is 21.8. The summed E-state index contributed by atoms with van der Waals surface area (Å²) in [6.07, 6.45) is -0.195. The Morgan fingerprint density at radius 3 is 2.47 bits per heavy atom. The van der Waals surface area contributed by atoms with Crippen LogP contribution in [0, 0.1) is 0 Å². The fraction of sp³-hybridized carbons (Fsp3) is 0.290. The average Bonchev–Trinajstić information content (AvgIpc) is 2.90. The summed E-state index contributed by atoms with van der Waals surface area (Å²) < 4.78 is 6.03. The number of aromatic nitrogens is 1. The molecule has 4 rings (SSSR count). The van der Waals surface area contributed by atoms with Crippen LogP contribution in [-0.4, -0.2) is 46.0 Å². The number of rotatable bonds is 11. The van der Waals surface area contributed by atoms with Crippen LogP contribution in [0.1, 0.15) is 48.4 Å². The van der Waals surface area contributed by atoms with Gasteiger partial charge >= 0.3 is 5.97 Å². The molecule has 7 heteroatoms. The van der Waals surface area contributed by atoms with E-state index in [1.807, 2.05) is 43.3 Å². The second-order valence-corrected chi connectivity index (χ2v) is 10.5. The largest absolute Gasteiger partial charge is 0.478 e. The molecule has 0 radical (unpaired) electrons. The molecule has 3 N–H and O–H groups in total. The molecule has 0 aliphatic rings. The number of aliphatic hydroxyl groups is 1. The van der Waals surface area contributed by atoms with E-state index in [1.165, 1.54) is 22.4 Å². The van der Waals surface area contributed by atoms with Crippen molar-refractivity contribution in [2.45, 2.75) is 44.9 Å². The predicted molar refractivity (Wildman–Crippen MR) is 152 cm³/mol. The second kappa shape index (κ2) is 12.0. The summed E-state index contributed by atoms with van der Waals surface area (Å²) in [4.78, 5) is 15.6. The SMILES string of the molecule is CC(OC[C@H](O)CNC(C)(C)Cc1ccc2ccccc2c1)c1ccccc1-c1ccc(C(=O)O)c(Cl)n1. The lowest BCUT2D eigenvalue weighted by atomic mass is 9.93. The first-order chi connectivity index (χ1) is 18.1. The first-order valence-corrected chi connectivity index (χ1v) is 13.0. The Kier molecular flexibility index (Phi) is 8.80. The van der Waals surface area contributed by atoms with Crippen molar-refractivity contribution in [2.24, 2.45) is 0 Å². The number of ether oxygens (including phenoxy) is 1. The number of hydrogen-bond donors (Lipinski definition) is 3. The van der Waals surface area contributed by atoms with Crippen LogP contribution >= 0.6 is 11.6 Å². The highest BCUT2D eigenvalue weighted by Crippen LogP contribution is 2.30. The molecule has 3 aromatic carbocycles. The predicted octanol–water partition coefficient (Wildman–Crippen LogP) is 6.30. The van der Waals surface area contributed by atoms with Crippen molar-refractivity contribution in [3.63, 3.8) is 0 Å². The quantitative estimate of drug-likeness (QED) is 0.196. The standard InChI is InChI=1S/C31H33ClN2O4/c1-20(25-10-6-7-11-26(25)28-15-14-27(30(36)37)29(32)34-28)38-19-24(35)18-33-31(2,3)17-21-12-13-22-8-4-5-9-23(22)16-21/h4-16,20,24,33,35H,17-19H2,1-3H3,(H,36,37)/t20?,24-/m1/s1. The molecule has 0 spiro atoms. The van der Waals surface area contributed by atoms with E-state index in [9.17, 15) is 15.0 Å². The summed E-state index contributed by atoms with van der Waals surface area (Å²) in [6.45, 7) is 6.71. The lowest BCUT2D eigenvalue weighted by Gasteiger charge is -2.28. The van der Waals surface area contributed by atoms with Crippen molar-refractivity contribution in [1.82, 2.24) is 10.3 Å². The minimum atomic E-state index is -1.12. The number of β-amino-alcohol motifs (C(OH)–C–C–N with tert-alkyl or cyclic N) is 1. The van der Waals surface area contributed by atoms with Crippen LogP contribution in [0.2, 0.25) is 5.15 Å². The lowest BCUT2D eigenvalue weighted by Crippen LogP contribution is -2.46. The Morgan fingerprint density at radius 1 is 1.03 bits per heavy atom. The van der Waals surface area contributed by atoms with Crippen LogP contribution in [0.25, 0.3) is 22.0 Å². The zero-order chi connectivity index (χ0) is 27.3. The highest BCUT2D eigenvalue weighted by molar-refractivity contribution is 6.32. The molecule has 0 saturated heterocycles. The molecule has 198 valence electrons. The van der Waals surface area contributed by atoms with Crippen molar-refractivity contribution >= 4 is 28.3 Å². The smallest absolute Gasteiger partial charge is 0.338 e. The monoisotopic (exact) mass is 532 g/mol. The molecule has 4 aromatic rings. The number of fused-ring (bicyclic) bond motifs is 1.